The smallest absolute Gasteiger partial charge is 0.319 e. The highest BCUT2D eigenvalue weighted by Crippen LogP contribution is 2.20. The lowest BCUT2D eigenvalue weighted by atomic mass is 10.1. The van der Waals surface area contributed by atoms with Crippen LogP contribution in [0.1, 0.15) is 19.8 Å². The first-order valence-electron chi connectivity index (χ1n) is 6.10. The molecule has 1 aliphatic heterocycles. The van der Waals surface area contributed by atoms with Crippen LogP contribution < -0.4 is 10.6 Å². The topological polar surface area (TPSA) is 50.4 Å². The van der Waals surface area contributed by atoms with Gasteiger partial charge in [0.1, 0.15) is 0 Å². The minimum atomic E-state index is -0.258. The fourth-order valence-corrected chi connectivity index (χ4v) is 2.20. The summed E-state index contributed by atoms with van der Waals surface area (Å²) in [4.78, 5) is 11.8. The molecule has 0 radical (unpaired) electrons. The number of ether oxygens (including phenoxy) is 1. The Kier molecular flexibility index (Phi) is 4.44. The van der Waals surface area contributed by atoms with E-state index in [0.717, 1.165) is 19.4 Å². The molecule has 0 aliphatic carbocycles. The molecule has 4 nitrogen and oxygen atoms in total. The van der Waals surface area contributed by atoms with E-state index in [0.29, 0.717) is 10.7 Å². The van der Waals surface area contributed by atoms with Gasteiger partial charge in [0.25, 0.3) is 0 Å². The molecule has 2 rings (SSSR count). The van der Waals surface area contributed by atoms with Crippen molar-refractivity contribution in [1.82, 2.24) is 5.32 Å². The summed E-state index contributed by atoms with van der Waals surface area (Å²) in [5.41, 5.74) is 0.608. The predicted octanol–water partition coefficient (Wildman–Crippen LogP) is 3.03. The van der Waals surface area contributed by atoms with Crippen LogP contribution in [0.25, 0.3) is 0 Å². The average Bonchev–Trinajstić information content (AvgIpc) is 2.85. The maximum absolute atomic E-state index is 11.8. The number of hydrogen-bond acceptors (Lipinski definition) is 2. The van der Waals surface area contributed by atoms with Crippen molar-refractivity contribution in [3.05, 3.63) is 29.3 Å². The number of carbonyl (C=O) groups is 1. The first-order valence-corrected chi connectivity index (χ1v) is 6.48. The van der Waals surface area contributed by atoms with Gasteiger partial charge in [-0.3, -0.25) is 0 Å². The van der Waals surface area contributed by atoms with Crippen LogP contribution in [0, 0.1) is 0 Å². The second-order valence-corrected chi connectivity index (χ2v) is 4.83. The summed E-state index contributed by atoms with van der Waals surface area (Å²) >= 11 is 5.96. The molecule has 18 heavy (non-hydrogen) atoms. The zero-order valence-electron chi connectivity index (χ0n) is 10.3. The molecule has 1 saturated heterocycles. The Balaban J connectivity index is 1.86. The lowest BCUT2D eigenvalue weighted by molar-refractivity contribution is 0.0868. The Morgan fingerprint density at radius 3 is 2.94 bits per heavy atom. The van der Waals surface area contributed by atoms with Gasteiger partial charge in [-0.05, 0) is 31.9 Å². The first kappa shape index (κ1) is 13.2. The Hall–Kier alpha value is -1.26. The molecule has 0 spiro atoms. The molecule has 1 aliphatic rings. The molecule has 5 heteroatoms. The predicted molar refractivity (Wildman–Crippen MR) is 72.0 cm³/mol. The van der Waals surface area contributed by atoms with E-state index in [-0.39, 0.29) is 18.2 Å². The zero-order valence-corrected chi connectivity index (χ0v) is 11.0. The van der Waals surface area contributed by atoms with Gasteiger partial charge in [0.05, 0.1) is 22.9 Å². The van der Waals surface area contributed by atoms with Crippen LogP contribution in [0.3, 0.4) is 0 Å². The Bertz CT molecular complexity index is 419. The van der Waals surface area contributed by atoms with Gasteiger partial charge in [-0.1, -0.05) is 23.7 Å². The van der Waals surface area contributed by atoms with Gasteiger partial charge in [0, 0.05) is 6.61 Å². The molecule has 1 heterocycles. The molecular formula is C13H17ClN2O2. The van der Waals surface area contributed by atoms with Crippen LogP contribution in [0.4, 0.5) is 10.5 Å². The molecule has 1 aromatic carbocycles. The van der Waals surface area contributed by atoms with E-state index >= 15 is 0 Å². The highest BCUT2D eigenvalue weighted by Gasteiger charge is 2.23. The van der Waals surface area contributed by atoms with Crippen molar-refractivity contribution in [2.24, 2.45) is 0 Å². The van der Waals surface area contributed by atoms with Crippen LogP contribution in [0.15, 0.2) is 24.3 Å². The molecule has 0 saturated carbocycles. The second-order valence-electron chi connectivity index (χ2n) is 4.42. The van der Waals surface area contributed by atoms with Gasteiger partial charge >= 0.3 is 6.03 Å². The van der Waals surface area contributed by atoms with Gasteiger partial charge in [-0.2, -0.15) is 0 Å². The number of carbonyl (C=O) groups excluding carboxylic acids is 1. The molecule has 2 N–H and O–H groups in total. The maximum atomic E-state index is 11.8. The number of rotatable bonds is 3. The van der Waals surface area contributed by atoms with E-state index in [1.54, 1.807) is 12.1 Å². The number of amides is 2. The average molecular weight is 269 g/mol. The van der Waals surface area contributed by atoms with E-state index in [1.165, 1.54) is 0 Å². The van der Waals surface area contributed by atoms with E-state index in [2.05, 4.69) is 10.6 Å². The van der Waals surface area contributed by atoms with Crippen LogP contribution >= 0.6 is 11.6 Å². The lowest BCUT2D eigenvalue weighted by Gasteiger charge is -2.20. The molecule has 1 aromatic rings. The third-order valence-corrected chi connectivity index (χ3v) is 3.33. The van der Waals surface area contributed by atoms with Gasteiger partial charge < -0.3 is 15.4 Å². The SMILES string of the molecule is CC(NC(=O)Nc1ccccc1Cl)C1CCCO1. The summed E-state index contributed by atoms with van der Waals surface area (Å²) in [5.74, 6) is 0. The number of halogens is 1. The van der Waals surface area contributed by atoms with E-state index < -0.39 is 0 Å². The van der Waals surface area contributed by atoms with Crippen molar-refractivity contribution in [2.45, 2.75) is 31.9 Å². The fraction of sp³-hybridized carbons (Fsp3) is 0.462. The van der Waals surface area contributed by atoms with Crippen molar-refractivity contribution in [3.63, 3.8) is 0 Å². The zero-order chi connectivity index (χ0) is 13.0. The van der Waals surface area contributed by atoms with E-state index in [9.17, 15) is 4.79 Å². The molecule has 2 amide bonds. The Morgan fingerprint density at radius 1 is 1.50 bits per heavy atom. The highest BCUT2D eigenvalue weighted by atomic mass is 35.5. The number of urea groups is 1. The first-order chi connectivity index (χ1) is 8.66. The van der Waals surface area contributed by atoms with Crippen LogP contribution in [-0.4, -0.2) is 24.8 Å². The normalized spacial score (nSPS) is 20.4. The number of hydrogen-bond donors (Lipinski definition) is 2. The van der Waals surface area contributed by atoms with Gasteiger partial charge in [0.15, 0.2) is 0 Å². The van der Waals surface area contributed by atoms with Crippen LogP contribution in [-0.2, 0) is 4.74 Å². The molecular weight excluding hydrogens is 252 g/mol. The van der Waals surface area contributed by atoms with Crippen molar-refractivity contribution in [3.8, 4) is 0 Å². The van der Waals surface area contributed by atoms with E-state index in [4.69, 9.17) is 16.3 Å². The summed E-state index contributed by atoms with van der Waals surface area (Å²) in [5, 5.41) is 6.12. The summed E-state index contributed by atoms with van der Waals surface area (Å²) in [6.07, 6.45) is 2.16. The van der Waals surface area contributed by atoms with Gasteiger partial charge in [-0.25, -0.2) is 4.79 Å². The van der Waals surface area contributed by atoms with Crippen molar-refractivity contribution < 1.29 is 9.53 Å². The van der Waals surface area contributed by atoms with Crippen LogP contribution in [0.5, 0.6) is 0 Å². The highest BCUT2D eigenvalue weighted by molar-refractivity contribution is 6.33. The molecule has 98 valence electrons. The number of benzene rings is 1. The molecule has 2 atom stereocenters. The Labute approximate surface area is 112 Å². The third-order valence-electron chi connectivity index (χ3n) is 3.00. The molecule has 0 aromatic heterocycles. The molecule has 0 bridgehead atoms. The number of para-hydroxylation sites is 1. The van der Waals surface area contributed by atoms with Crippen molar-refractivity contribution >= 4 is 23.3 Å². The molecule has 1 fully saturated rings. The van der Waals surface area contributed by atoms with Gasteiger partial charge in [0.2, 0.25) is 0 Å². The minimum Gasteiger partial charge on any atom is -0.376 e. The van der Waals surface area contributed by atoms with Gasteiger partial charge in [-0.15, -0.1) is 0 Å². The van der Waals surface area contributed by atoms with E-state index in [1.807, 2.05) is 19.1 Å². The monoisotopic (exact) mass is 268 g/mol. The maximum Gasteiger partial charge on any atom is 0.319 e. The summed E-state index contributed by atoms with van der Waals surface area (Å²) in [6, 6.07) is 6.88. The number of nitrogens with one attached hydrogen (secondary N) is 2. The summed E-state index contributed by atoms with van der Waals surface area (Å²) in [7, 11) is 0. The van der Waals surface area contributed by atoms with Crippen molar-refractivity contribution in [2.75, 3.05) is 11.9 Å². The quantitative estimate of drug-likeness (QED) is 0.885. The van der Waals surface area contributed by atoms with Crippen molar-refractivity contribution in [1.29, 1.82) is 0 Å². The largest absolute Gasteiger partial charge is 0.376 e. The van der Waals surface area contributed by atoms with Crippen LogP contribution in [0.2, 0.25) is 5.02 Å². The summed E-state index contributed by atoms with van der Waals surface area (Å²) < 4.78 is 5.52. The fourth-order valence-electron chi connectivity index (χ4n) is 2.02. The number of anilines is 1. The minimum absolute atomic E-state index is 0.00464. The lowest BCUT2D eigenvalue weighted by Crippen LogP contribution is -2.43. The Morgan fingerprint density at radius 2 is 2.28 bits per heavy atom. The standard InChI is InChI=1S/C13H17ClN2O2/c1-9(12-7-4-8-18-12)15-13(17)16-11-6-3-2-5-10(11)14/h2-3,5-6,9,12H,4,7-8H2,1H3,(H2,15,16,17). The molecule has 2 unspecified atom stereocenters. The second kappa shape index (κ2) is 6.07. The third kappa shape index (κ3) is 3.37. The summed E-state index contributed by atoms with van der Waals surface area (Å²) in [6.45, 7) is 2.73.